The maximum atomic E-state index is 3.93. The van der Waals surface area contributed by atoms with E-state index in [4.69, 9.17) is 0 Å². The monoisotopic (exact) mass is 479 g/mol. The molecule has 1 heteroatoms. The van der Waals surface area contributed by atoms with Crippen molar-refractivity contribution in [2.24, 2.45) is 0 Å². The third-order valence-corrected chi connectivity index (χ3v) is 6.54. The predicted molar refractivity (Wildman–Crippen MR) is 159 cm³/mol. The molecule has 0 fully saturated rings. The van der Waals surface area contributed by atoms with Gasteiger partial charge in [0.1, 0.15) is 0 Å². The second-order valence-electron chi connectivity index (χ2n) is 14.4. The van der Waals surface area contributed by atoms with Crippen LogP contribution in [0.3, 0.4) is 0 Å². The molecule has 0 aliphatic heterocycles. The van der Waals surface area contributed by atoms with Crippen LogP contribution in [0, 0.1) is 0 Å². The molecule has 2 aromatic rings. The molecule has 0 aliphatic carbocycles. The highest BCUT2D eigenvalue weighted by Gasteiger charge is 2.27. The van der Waals surface area contributed by atoms with Crippen LogP contribution in [0.1, 0.15) is 150 Å². The van der Waals surface area contributed by atoms with Crippen LogP contribution in [-0.4, -0.2) is 6.04 Å². The van der Waals surface area contributed by atoms with Crippen LogP contribution in [0.5, 0.6) is 0 Å². The first-order valence-electron chi connectivity index (χ1n) is 13.8. The molecular formula is C34H57N. The molecule has 0 heterocycles. The minimum atomic E-state index is 0.0994. The molecule has 0 saturated carbocycles. The van der Waals surface area contributed by atoms with E-state index < -0.39 is 0 Å². The van der Waals surface area contributed by atoms with Gasteiger partial charge in [-0.05, 0) is 68.9 Å². The summed E-state index contributed by atoms with van der Waals surface area (Å²) >= 11 is 0. The van der Waals surface area contributed by atoms with Crippen molar-refractivity contribution in [1.82, 2.24) is 5.32 Å². The van der Waals surface area contributed by atoms with Gasteiger partial charge in [-0.2, -0.15) is 0 Å². The van der Waals surface area contributed by atoms with Gasteiger partial charge in [-0.1, -0.05) is 133 Å². The van der Waals surface area contributed by atoms with Crippen molar-refractivity contribution in [2.45, 2.75) is 145 Å². The quantitative estimate of drug-likeness (QED) is 0.460. The van der Waals surface area contributed by atoms with Gasteiger partial charge >= 0.3 is 0 Å². The van der Waals surface area contributed by atoms with Crippen molar-refractivity contribution in [3.05, 3.63) is 69.8 Å². The number of hydrogen-bond donors (Lipinski definition) is 1. The summed E-state index contributed by atoms with van der Waals surface area (Å²) in [6, 6.07) is 15.1. The molecule has 2 aromatic carbocycles. The van der Waals surface area contributed by atoms with E-state index >= 15 is 0 Å². The van der Waals surface area contributed by atoms with E-state index in [-0.39, 0.29) is 27.7 Å². The summed E-state index contributed by atoms with van der Waals surface area (Å²) in [6.07, 6.45) is 0. The van der Waals surface area contributed by atoms with Gasteiger partial charge < -0.3 is 5.32 Å². The van der Waals surface area contributed by atoms with Crippen molar-refractivity contribution in [3.63, 3.8) is 0 Å². The molecule has 0 aromatic heterocycles. The van der Waals surface area contributed by atoms with Crippen molar-refractivity contribution in [1.29, 1.82) is 0 Å². The van der Waals surface area contributed by atoms with Gasteiger partial charge in [-0.25, -0.2) is 0 Å². The van der Waals surface area contributed by atoms with Crippen molar-refractivity contribution < 1.29 is 0 Å². The standard InChI is InChI=1S/C32H51N.C2H6/c1-21(2)33-28(22-15-24(29(3,4)5)19-25(16-22)30(6,7)8)23-17-26(31(9,10)11)20-27(18-23)32(12,13)14;1-2/h15-21,28,33H,1-14H3;1-2H3. The fraction of sp³-hybridized carbons (Fsp3) is 0.647. The smallest absolute Gasteiger partial charge is 0.0579 e. The normalized spacial score (nSPS) is 13.2. The second kappa shape index (κ2) is 11.2. The highest BCUT2D eigenvalue weighted by molar-refractivity contribution is 5.45. The van der Waals surface area contributed by atoms with E-state index in [1.807, 2.05) is 13.8 Å². The van der Waals surface area contributed by atoms with Crippen LogP contribution < -0.4 is 5.32 Å². The lowest BCUT2D eigenvalue weighted by Crippen LogP contribution is -2.30. The predicted octanol–water partition coefficient (Wildman–Crippen LogP) is 9.99. The van der Waals surface area contributed by atoms with E-state index in [1.54, 1.807) is 0 Å². The molecule has 0 saturated heterocycles. The maximum Gasteiger partial charge on any atom is 0.0579 e. The molecule has 0 radical (unpaired) electrons. The Morgan fingerprint density at radius 3 is 0.857 bits per heavy atom. The number of benzene rings is 2. The van der Waals surface area contributed by atoms with Gasteiger partial charge in [0.15, 0.2) is 0 Å². The topological polar surface area (TPSA) is 12.0 Å². The van der Waals surface area contributed by atoms with E-state index in [0.717, 1.165) is 0 Å². The fourth-order valence-electron chi connectivity index (χ4n) is 4.09. The summed E-state index contributed by atoms with van der Waals surface area (Å²) in [7, 11) is 0. The van der Waals surface area contributed by atoms with Crippen molar-refractivity contribution >= 4 is 0 Å². The fourth-order valence-corrected chi connectivity index (χ4v) is 4.09. The van der Waals surface area contributed by atoms with Crippen LogP contribution in [0.4, 0.5) is 0 Å². The van der Waals surface area contributed by atoms with Gasteiger partial charge in [0.25, 0.3) is 0 Å². The van der Waals surface area contributed by atoms with Crippen LogP contribution in [0.25, 0.3) is 0 Å². The molecule has 0 amide bonds. The minimum Gasteiger partial charge on any atom is -0.304 e. The number of hydrogen-bond acceptors (Lipinski definition) is 1. The Labute approximate surface area is 219 Å². The van der Waals surface area contributed by atoms with Crippen LogP contribution >= 0.6 is 0 Å². The Morgan fingerprint density at radius 2 is 0.686 bits per heavy atom. The molecule has 2 rings (SSSR count). The molecule has 1 N–H and O–H groups in total. The maximum absolute atomic E-state index is 3.93. The Bertz CT molecular complexity index is 810. The molecule has 0 unspecified atom stereocenters. The lowest BCUT2D eigenvalue weighted by Gasteiger charge is -2.32. The summed E-state index contributed by atoms with van der Waals surface area (Å²) in [5.41, 5.74) is 8.76. The Kier molecular flexibility index (Phi) is 10.1. The summed E-state index contributed by atoms with van der Waals surface area (Å²) in [6.45, 7) is 36.4. The number of nitrogens with one attached hydrogen (secondary N) is 1. The van der Waals surface area contributed by atoms with E-state index in [1.165, 1.54) is 33.4 Å². The zero-order chi connectivity index (χ0) is 27.6. The van der Waals surface area contributed by atoms with Gasteiger partial charge in [-0.3, -0.25) is 0 Å². The highest BCUT2D eigenvalue weighted by atomic mass is 14.9. The van der Waals surface area contributed by atoms with E-state index in [2.05, 4.69) is 139 Å². The van der Waals surface area contributed by atoms with Crippen molar-refractivity contribution in [3.8, 4) is 0 Å². The lowest BCUT2D eigenvalue weighted by molar-refractivity contribution is 0.515. The van der Waals surface area contributed by atoms with Crippen LogP contribution in [-0.2, 0) is 21.7 Å². The Morgan fingerprint density at radius 1 is 0.457 bits per heavy atom. The zero-order valence-electron chi connectivity index (χ0n) is 26.1. The average Bonchev–Trinajstić information content (AvgIpc) is 2.70. The molecule has 0 aliphatic rings. The number of rotatable bonds is 4. The Balaban J connectivity index is 0.00000298. The summed E-state index contributed by atoms with van der Waals surface area (Å²) in [5.74, 6) is 0. The first-order chi connectivity index (χ1) is 15.7. The van der Waals surface area contributed by atoms with Crippen LogP contribution in [0.15, 0.2) is 36.4 Å². The first kappa shape index (κ1) is 31.4. The highest BCUT2D eigenvalue weighted by Crippen LogP contribution is 2.37. The molecular weight excluding hydrogens is 422 g/mol. The molecule has 35 heavy (non-hydrogen) atoms. The zero-order valence-corrected chi connectivity index (χ0v) is 26.1. The van der Waals surface area contributed by atoms with Gasteiger partial charge in [0, 0.05) is 6.04 Å². The molecule has 0 atom stereocenters. The largest absolute Gasteiger partial charge is 0.304 e. The van der Waals surface area contributed by atoms with Gasteiger partial charge in [0.2, 0.25) is 0 Å². The van der Waals surface area contributed by atoms with Gasteiger partial charge in [-0.15, -0.1) is 0 Å². The Hall–Kier alpha value is -1.60. The molecule has 198 valence electrons. The lowest BCUT2D eigenvalue weighted by atomic mass is 9.76. The summed E-state index contributed by atoms with van der Waals surface area (Å²) < 4.78 is 0. The molecule has 0 spiro atoms. The average molecular weight is 480 g/mol. The summed E-state index contributed by atoms with van der Waals surface area (Å²) in [4.78, 5) is 0. The first-order valence-corrected chi connectivity index (χ1v) is 13.8. The second-order valence-corrected chi connectivity index (χ2v) is 14.4. The van der Waals surface area contributed by atoms with E-state index in [0.29, 0.717) is 6.04 Å². The van der Waals surface area contributed by atoms with E-state index in [9.17, 15) is 0 Å². The minimum absolute atomic E-state index is 0.0994. The molecule has 0 bridgehead atoms. The summed E-state index contributed by atoms with van der Waals surface area (Å²) in [5, 5.41) is 3.93. The molecule has 1 nitrogen and oxygen atoms in total. The SMILES string of the molecule is CC.CC(C)NC(c1cc(C(C)(C)C)cc(C(C)(C)C)c1)c1cc(C(C)(C)C)cc(C(C)(C)C)c1. The third kappa shape index (κ3) is 8.78. The van der Waals surface area contributed by atoms with Crippen LogP contribution in [0.2, 0.25) is 0 Å². The van der Waals surface area contributed by atoms with Gasteiger partial charge in [0.05, 0.1) is 6.04 Å². The van der Waals surface area contributed by atoms with Crippen molar-refractivity contribution in [2.75, 3.05) is 0 Å². The third-order valence-electron chi connectivity index (χ3n) is 6.54.